The predicted octanol–water partition coefficient (Wildman–Crippen LogP) is 2.70. The van der Waals surface area contributed by atoms with Crippen molar-refractivity contribution in [2.75, 3.05) is 6.54 Å². The molecule has 1 aromatic rings. The van der Waals surface area contributed by atoms with Crippen LogP contribution in [0.2, 0.25) is 0 Å². The van der Waals surface area contributed by atoms with Crippen LogP contribution >= 0.6 is 0 Å². The van der Waals surface area contributed by atoms with Gasteiger partial charge in [-0.1, -0.05) is 13.3 Å². The summed E-state index contributed by atoms with van der Waals surface area (Å²) in [4.78, 5) is 4.74. The highest BCUT2D eigenvalue weighted by atomic mass is 16.5. The summed E-state index contributed by atoms with van der Waals surface area (Å²) in [7, 11) is 1.98. The Balaban J connectivity index is 1.90. The van der Waals surface area contributed by atoms with Crippen LogP contribution in [0.15, 0.2) is 4.99 Å². The van der Waals surface area contributed by atoms with Crippen LogP contribution in [0.5, 0.6) is 0 Å². The lowest BCUT2D eigenvalue weighted by Crippen LogP contribution is -2.46. The van der Waals surface area contributed by atoms with Crippen LogP contribution < -0.4 is 10.6 Å². The van der Waals surface area contributed by atoms with Crippen molar-refractivity contribution in [1.29, 1.82) is 0 Å². The number of guanidine groups is 1. The normalized spacial score (nSPS) is 21.2. The van der Waals surface area contributed by atoms with Gasteiger partial charge in [-0.15, -0.1) is 10.2 Å². The first-order valence-electron chi connectivity index (χ1n) is 10.0. The molecule has 0 aromatic carbocycles. The number of aryl methyl sites for hydroxylation is 1. The maximum atomic E-state index is 5.95. The highest BCUT2D eigenvalue weighted by molar-refractivity contribution is 5.80. The standard InChI is InChI=1S/C19H36N6O/c1-6-7-12-20-19(21-13-18-24-23-15(4)25(18)5)22-16-8-10-17(11-9-16)26-14(2)3/h14,16-17H,6-13H2,1-5H3,(H2,20,21,22). The van der Waals surface area contributed by atoms with Crippen LogP contribution in [0, 0.1) is 6.92 Å². The van der Waals surface area contributed by atoms with E-state index in [9.17, 15) is 0 Å². The van der Waals surface area contributed by atoms with E-state index in [1.807, 2.05) is 18.5 Å². The van der Waals surface area contributed by atoms with E-state index in [2.05, 4.69) is 41.6 Å². The van der Waals surface area contributed by atoms with Crippen molar-refractivity contribution in [3.8, 4) is 0 Å². The summed E-state index contributed by atoms with van der Waals surface area (Å²) in [5.74, 6) is 2.67. The van der Waals surface area contributed by atoms with Crippen molar-refractivity contribution in [3.63, 3.8) is 0 Å². The largest absolute Gasteiger partial charge is 0.376 e. The van der Waals surface area contributed by atoms with Gasteiger partial charge in [0.05, 0.1) is 12.2 Å². The summed E-state index contributed by atoms with van der Waals surface area (Å²) < 4.78 is 7.94. The minimum Gasteiger partial charge on any atom is -0.376 e. The lowest BCUT2D eigenvalue weighted by molar-refractivity contribution is -0.0152. The molecule has 0 bridgehead atoms. The van der Waals surface area contributed by atoms with Crippen LogP contribution in [0.3, 0.4) is 0 Å². The molecule has 1 heterocycles. The number of nitrogens with zero attached hydrogens (tertiary/aromatic N) is 4. The fraction of sp³-hybridized carbons (Fsp3) is 0.842. The van der Waals surface area contributed by atoms with Crippen molar-refractivity contribution in [2.45, 2.75) is 91.0 Å². The number of hydrogen-bond donors (Lipinski definition) is 2. The van der Waals surface area contributed by atoms with Crippen LogP contribution in [0.1, 0.15) is 70.9 Å². The quantitative estimate of drug-likeness (QED) is 0.421. The molecule has 1 aliphatic carbocycles. The molecule has 1 aliphatic rings. The van der Waals surface area contributed by atoms with Gasteiger partial charge in [0.1, 0.15) is 12.4 Å². The Labute approximate surface area is 158 Å². The van der Waals surface area contributed by atoms with Crippen LogP contribution in [-0.2, 0) is 18.3 Å². The topological polar surface area (TPSA) is 76.4 Å². The molecule has 0 unspecified atom stereocenters. The van der Waals surface area contributed by atoms with E-state index in [-0.39, 0.29) is 0 Å². The molecule has 0 atom stereocenters. The second-order valence-electron chi connectivity index (χ2n) is 7.47. The number of rotatable bonds is 8. The Kier molecular flexibility index (Phi) is 8.35. The highest BCUT2D eigenvalue weighted by Gasteiger charge is 2.23. The first-order valence-corrected chi connectivity index (χ1v) is 10.0. The molecule has 2 rings (SSSR count). The fourth-order valence-corrected chi connectivity index (χ4v) is 3.20. The molecular formula is C19H36N6O. The third-order valence-corrected chi connectivity index (χ3v) is 4.86. The molecule has 1 fully saturated rings. The van der Waals surface area contributed by atoms with Gasteiger partial charge in [-0.25, -0.2) is 4.99 Å². The first-order chi connectivity index (χ1) is 12.5. The van der Waals surface area contributed by atoms with Gasteiger partial charge >= 0.3 is 0 Å². The van der Waals surface area contributed by atoms with Gasteiger partial charge in [0, 0.05) is 19.6 Å². The van der Waals surface area contributed by atoms with Crippen molar-refractivity contribution in [1.82, 2.24) is 25.4 Å². The van der Waals surface area contributed by atoms with E-state index < -0.39 is 0 Å². The van der Waals surface area contributed by atoms with Crippen LogP contribution in [0.25, 0.3) is 0 Å². The number of hydrogen-bond acceptors (Lipinski definition) is 4. The lowest BCUT2D eigenvalue weighted by Gasteiger charge is -2.31. The third-order valence-electron chi connectivity index (χ3n) is 4.86. The van der Waals surface area contributed by atoms with E-state index in [0.717, 1.165) is 56.3 Å². The van der Waals surface area contributed by atoms with Gasteiger partial charge < -0.3 is 19.9 Å². The van der Waals surface area contributed by atoms with Gasteiger partial charge in [-0.05, 0) is 52.9 Å². The molecule has 0 spiro atoms. The Morgan fingerprint density at radius 3 is 2.58 bits per heavy atom. The fourth-order valence-electron chi connectivity index (χ4n) is 3.20. The summed E-state index contributed by atoms with van der Waals surface area (Å²) in [5, 5.41) is 15.4. The maximum Gasteiger partial charge on any atom is 0.191 e. The van der Waals surface area contributed by atoms with Crippen molar-refractivity contribution in [2.24, 2.45) is 12.0 Å². The van der Waals surface area contributed by atoms with E-state index in [1.54, 1.807) is 0 Å². The SMILES string of the molecule is CCCCNC(=NCc1nnc(C)n1C)NC1CCC(OC(C)C)CC1. The molecule has 7 heteroatoms. The van der Waals surface area contributed by atoms with Crippen molar-refractivity contribution in [3.05, 3.63) is 11.6 Å². The molecule has 0 radical (unpaired) electrons. The Morgan fingerprint density at radius 1 is 1.27 bits per heavy atom. The molecule has 1 saturated carbocycles. The summed E-state index contributed by atoms with van der Waals surface area (Å²) in [6, 6.07) is 0.455. The zero-order chi connectivity index (χ0) is 18.9. The highest BCUT2D eigenvalue weighted by Crippen LogP contribution is 2.22. The minimum atomic E-state index is 0.312. The Bertz CT molecular complexity index is 560. The number of aliphatic imine (C=N–C) groups is 1. The molecule has 148 valence electrons. The first kappa shape index (κ1) is 20.7. The van der Waals surface area contributed by atoms with Crippen molar-refractivity contribution >= 4 is 5.96 Å². The number of ether oxygens (including phenoxy) is 1. The summed E-state index contributed by atoms with van der Waals surface area (Å²) >= 11 is 0. The summed E-state index contributed by atoms with van der Waals surface area (Å²) in [6.07, 6.45) is 7.49. The summed E-state index contributed by atoms with van der Waals surface area (Å²) in [5.41, 5.74) is 0. The van der Waals surface area contributed by atoms with Crippen LogP contribution in [-0.4, -0.2) is 45.5 Å². The average Bonchev–Trinajstić information content (AvgIpc) is 2.93. The molecule has 0 aliphatic heterocycles. The van der Waals surface area contributed by atoms with E-state index in [0.29, 0.717) is 24.8 Å². The van der Waals surface area contributed by atoms with Gasteiger partial charge in [0.2, 0.25) is 0 Å². The molecule has 0 amide bonds. The lowest BCUT2D eigenvalue weighted by atomic mass is 9.93. The van der Waals surface area contributed by atoms with Crippen molar-refractivity contribution < 1.29 is 4.74 Å². The second kappa shape index (κ2) is 10.5. The van der Waals surface area contributed by atoms with Gasteiger partial charge in [0.25, 0.3) is 0 Å². The van der Waals surface area contributed by atoms with E-state index in [1.165, 1.54) is 6.42 Å². The number of nitrogens with one attached hydrogen (secondary N) is 2. The molecule has 26 heavy (non-hydrogen) atoms. The monoisotopic (exact) mass is 364 g/mol. The van der Waals surface area contributed by atoms with Gasteiger partial charge in [-0.3, -0.25) is 0 Å². The Morgan fingerprint density at radius 2 is 2.00 bits per heavy atom. The average molecular weight is 365 g/mol. The minimum absolute atomic E-state index is 0.312. The maximum absolute atomic E-state index is 5.95. The second-order valence-corrected chi connectivity index (χ2v) is 7.47. The molecular weight excluding hydrogens is 328 g/mol. The van der Waals surface area contributed by atoms with Crippen LogP contribution in [0.4, 0.5) is 0 Å². The summed E-state index contributed by atoms with van der Waals surface area (Å²) in [6.45, 7) is 9.85. The molecule has 0 saturated heterocycles. The number of aromatic nitrogens is 3. The molecule has 1 aromatic heterocycles. The van der Waals surface area contributed by atoms with Gasteiger partial charge in [-0.2, -0.15) is 0 Å². The molecule has 7 nitrogen and oxygen atoms in total. The zero-order valence-corrected chi connectivity index (χ0v) is 17.1. The molecule has 2 N–H and O–H groups in total. The number of unbranched alkanes of at least 4 members (excludes halogenated alkanes) is 1. The smallest absolute Gasteiger partial charge is 0.191 e. The third kappa shape index (κ3) is 6.59. The predicted molar refractivity (Wildman–Crippen MR) is 105 cm³/mol. The zero-order valence-electron chi connectivity index (χ0n) is 17.1. The van der Waals surface area contributed by atoms with Gasteiger partial charge in [0.15, 0.2) is 11.8 Å². The Hall–Kier alpha value is -1.63. The van der Waals surface area contributed by atoms with E-state index >= 15 is 0 Å². The van der Waals surface area contributed by atoms with E-state index in [4.69, 9.17) is 9.73 Å².